The van der Waals surface area contributed by atoms with Crippen LogP contribution in [-0.2, 0) is 6.54 Å². The molecule has 0 saturated carbocycles. The van der Waals surface area contributed by atoms with E-state index in [0.29, 0.717) is 11.7 Å². The Balaban J connectivity index is 1.03. The second-order valence-corrected chi connectivity index (χ2v) is 11.6. The molecule has 2 aromatic carbocycles. The fourth-order valence-corrected chi connectivity index (χ4v) is 6.04. The Hall–Kier alpha value is -4.47. The van der Waals surface area contributed by atoms with Gasteiger partial charge in [0.1, 0.15) is 11.5 Å². The SMILES string of the molecule is CN1CCN(c2ncc(-c3ccccc3)c(-c3ccc(CN4CCC(c5nc(-c6ccccn6)n[nH]5)CC4)cc3)n2)CC1. The number of piperazine rings is 1. The van der Waals surface area contributed by atoms with E-state index < -0.39 is 0 Å². The molecule has 0 radical (unpaired) electrons. The van der Waals surface area contributed by atoms with Crippen LogP contribution in [0.25, 0.3) is 33.9 Å². The van der Waals surface area contributed by atoms with E-state index in [4.69, 9.17) is 15.0 Å². The average Bonchev–Trinajstić information content (AvgIpc) is 3.57. The van der Waals surface area contributed by atoms with Gasteiger partial charge in [0.15, 0.2) is 5.82 Å². The maximum atomic E-state index is 5.14. The third-order valence-electron chi connectivity index (χ3n) is 8.65. The lowest BCUT2D eigenvalue weighted by molar-refractivity contribution is 0.202. The van der Waals surface area contributed by atoms with Crippen LogP contribution in [0.1, 0.15) is 30.1 Å². The molecular formula is C34H37N9. The molecule has 0 atom stereocenters. The van der Waals surface area contributed by atoms with E-state index in [1.807, 2.05) is 30.5 Å². The van der Waals surface area contributed by atoms with Crippen LogP contribution < -0.4 is 4.90 Å². The molecule has 5 heterocycles. The van der Waals surface area contributed by atoms with Crippen molar-refractivity contribution in [3.8, 4) is 33.9 Å². The molecule has 3 aromatic heterocycles. The number of nitrogens with one attached hydrogen (secondary N) is 1. The van der Waals surface area contributed by atoms with E-state index >= 15 is 0 Å². The Morgan fingerprint density at radius 3 is 2.28 bits per heavy atom. The maximum Gasteiger partial charge on any atom is 0.225 e. The van der Waals surface area contributed by atoms with Gasteiger partial charge in [0.05, 0.1) is 5.69 Å². The van der Waals surface area contributed by atoms with Crippen LogP contribution in [0.15, 0.2) is 85.2 Å². The lowest BCUT2D eigenvalue weighted by Gasteiger charge is -2.32. The Morgan fingerprint density at radius 2 is 1.53 bits per heavy atom. The van der Waals surface area contributed by atoms with Crippen LogP contribution in [0.4, 0.5) is 5.95 Å². The molecule has 0 amide bonds. The van der Waals surface area contributed by atoms with Crippen molar-refractivity contribution in [2.24, 2.45) is 0 Å². The number of benzene rings is 2. The molecule has 0 unspecified atom stereocenters. The molecule has 0 bridgehead atoms. The molecule has 7 rings (SSSR count). The number of likely N-dealkylation sites (N-methyl/N-ethyl adjacent to an activating group) is 1. The number of pyridine rings is 1. The standard InChI is InChI=1S/C34H37N9/c1-41-19-21-43(22-20-41)34-36-23-29(26-7-3-2-4-8-26)31(37-34)27-12-10-25(11-13-27)24-42-17-14-28(15-18-42)32-38-33(40-39-32)30-9-5-6-16-35-30/h2-13,16,23,28H,14-15,17-22,24H2,1H3,(H,38,39,40). The highest BCUT2D eigenvalue weighted by atomic mass is 15.3. The van der Waals surface area contributed by atoms with Gasteiger partial charge in [-0.05, 0) is 56.2 Å². The first kappa shape index (κ1) is 27.4. The number of anilines is 1. The lowest BCUT2D eigenvalue weighted by atomic mass is 9.95. The summed E-state index contributed by atoms with van der Waals surface area (Å²) in [5, 5.41) is 7.58. The van der Waals surface area contributed by atoms with E-state index in [9.17, 15) is 0 Å². The van der Waals surface area contributed by atoms with Crippen LogP contribution in [-0.4, -0.2) is 86.2 Å². The van der Waals surface area contributed by atoms with E-state index in [2.05, 4.69) is 85.5 Å². The number of nitrogens with zero attached hydrogens (tertiary/aromatic N) is 8. The molecule has 0 aliphatic carbocycles. The third kappa shape index (κ3) is 6.18. The van der Waals surface area contributed by atoms with Gasteiger partial charge >= 0.3 is 0 Å². The normalized spacial score (nSPS) is 16.9. The highest BCUT2D eigenvalue weighted by molar-refractivity contribution is 5.81. The number of H-pyrrole nitrogens is 1. The molecule has 43 heavy (non-hydrogen) atoms. The van der Waals surface area contributed by atoms with E-state index in [-0.39, 0.29) is 0 Å². The smallest absolute Gasteiger partial charge is 0.225 e. The summed E-state index contributed by atoms with van der Waals surface area (Å²) in [4.78, 5) is 26.3. The first-order valence-corrected chi connectivity index (χ1v) is 15.2. The van der Waals surface area contributed by atoms with Crippen molar-refractivity contribution in [2.75, 3.05) is 51.2 Å². The fraction of sp³-hybridized carbons (Fsp3) is 0.324. The largest absolute Gasteiger partial charge is 0.338 e. The second kappa shape index (κ2) is 12.4. The predicted octanol–water partition coefficient (Wildman–Crippen LogP) is 5.12. The van der Waals surface area contributed by atoms with Gasteiger partial charge in [-0.25, -0.2) is 15.0 Å². The summed E-state index contributed by atoms with van der Waals surface area (Å²) < 4.78 is 0. The molecule has 5 aromatic rings. The topological polar surface area (TPSA) is 90.0 Å². The highest BCUT2D eigenvalue weighted by Crippen LogP contribution is 2.32. The van der Waals surface area contributed by atoms with Crippen molar-refractivity contribution < 1.29 is 0 Å². The van der Waals surface area contributed by atoms with Crippen molar-refractivity contribution in [3.05, 3.63) is 96.6 Å². The van der Waals surface area contributed by atoms with Gasteiger partial charge in [0.2, 0.25) is 5.95 Å². The molecule has 9 nitrogen and oxygen atoms in total. The third-order valence-corrected chi connectivity index (χ3v) is 8.65. The fourth-order valence-electron chi connectivity index (χ4n) is 6.04. The summed E-state index contributed by atoms with van der Waals surface area (Å²) in [5.41, 5.74) is 6.42. The van der Waals surface area contributed by atoms with Gasteiger partial charge in [-0.15, -0.1) is 0 Å². The van der Waals surface area contributed by atoms with Crippen LogP contribution >= 0.6 is 0 Å². The quantitative estimate of drug-likeness (QED) is 0.288. The Kier molecular flexibility index (Phi) is 7.90. The molecule has 2 saturated heterocycles. The van der Waals surface area contributed by atoms with Gasteiger partial charge in [-0.2, -0.15) is 5.10 Å². The first-order chi connectivity index (χ1) is 21.2. The Bertz CT molecular complexity index is 1620. The first-order valence-electron chi connectivity index (χ1n) is 15.2. The van der Waals surface area contributed by atoms with Gasteiger partial charge in [-0.1, -0.05) is 60.7 Å². The van der Waals surface area contributed by atoms with Crippen molar-refractivity contribution in [3.63, 3.8) is 0 Å². The van der Waals surface area contributed by atoms with Gasteiger partial charge in [0, 0.05) is 62.2 Å². The highest BCUT2D eigenvalue weighted by Gasteiger charge is 2.24. The minimum absolute atomic E-state index is 0.396. The van der Waals surface area contributed by atoms with E-state index in [1.165, 1.54) is 5.56 Å². The molecule has 2 fully saturated rings. The van der Waals surface area contributed by atoms with Crippen molar-refractivity contribution in [2.45, 2.75) is 25.3 Å². The van der Waals surface area contributed by atoms with Gasteiger partial charge < -0.3 is 9.80 Å². The molecule has 2 aliphatic heterocycles. The van der Waals surface area contributed by atoms with Crippen LogP contribution in [0.5, 0.6) is 0 Å². The van der Waals surface area contributed by atoms with Crippen LogP contribution in [0.2, 0.25) is 0 Å². The molecular weight excluding hydrogens is 534 g/mol. The molecule has 0 spiro atoms. The monoisotopic (exact) mass is 571 g/mol. The maximum absolute atomic E-state index is 5.14. The Morgan fingerprint density at radius 1 is 0.767 bits per heavy atom. The summed E-state index contributed by atoms with van der Waals surface area (Å²) in [6, 6.07) is 25.2. The van der Waals surface area contributed by atoms with Crippen molar-refractivity contribution in [1.82, 2.24) is 39.9 Å². The van der Waals surface area contributed by atoms with Gasteiger partial charge in [0.25, 0.3) is 0 Å². The summed E-state index contributed by atoms with van der Waals surface area (Å²) >= 11 is 0. The number of hydrogen-bond acceptors (Lipinski definition) is 8. The number of aromatic nitrogens is 6. The van der Waals surface area contributed by atoms with Crippen molar-refractivity contribution >= 4 is 5.95 Å². The minimum Gasteiger partial charge on any atom is -0.338 e. The van der Waals surface area contributed by atoms with Crippen LogP contribution in [0, 0.1) is 0 Å². The lowest BCUT2D eigenvalue weighted by Crippen LogP contribution is -2.45. The zero-order valence-electron chi connectivity index (χ0n) is 24.6. The average molecular weight is 572 g/mol. The number of hydrogen-bond donors (Lipinski definition) is 1. The van der Waals surface area contributed by atoms with E-state index in [1.54, 1.807) is 6.20 Å². The number of aromatic amines is 1. The molecule has 9 heteroatoms. The minimum atomic E-state index is 0.396. The van der Waals surface area contributed by atoms with Gasteiger partial charge in [-0.3, -0.25) is 15.0 Å². The zero-order valence-corrected chi connectivity index (χ0v) is 24.6. The Labute approximate surface area is 252 Å². The van der Waals surface area contributed by atoms with Crippen molar-refractivity contribution in [1.29, 1.82) is 0 Å². The number of rotatable bonds is 7. The molecule has 1 N–H and O–H groups in total. The summed E-state index contributed by atoms with van der Waals surface area (Å²) in [7, 11) is 2.17. The molecule has 218 valence electrons. The summed E-state index contributed by atoms with van der Waals surface area (Å²) in [6.07, 6.45) is 5.89. The number of piperidine rings is 1. The molecule has 2 aliphatic rings. The summed E-state index contributed by atoms with van der Waals surface area (Å²) in [5.74, 6) is 2.86. The summed E-state index contributed by atoms with van der Waals surface area (Å²) in [6.45, 7) is 6.93. The number of likely N-dealkylation sites (tertiary alicyclic amines) is 1. The zero-order chi connectivity index (χ0) is 29.0. The van der Waals surface area contributed by atoms with E-state index in [0.717, 1.165) is 98.5 Å². The second-order valence-electron chi connectivity index (χ2n) is 11.6. The predicted molar refractivity (Wildman–Crippen MR) is 169 cm³/mol. The van der Waals surface area contributed by atoms with Crippen LogP contribution in [0.3, 0.4) is 0 Å².